The van der Waals surface area contributed by atoms with Crippen molar-refractivity contribution in [1.29, 1.82) is 0 Å². The number of rotatable bonds is 6. The summed E-state index contributed by atoms with van der Waals surface area (Å²) < 4.78 is 5.15. The molecule has 2 heterocycles. The average molecular weight is 294 g/mol. The Bertz CT molecular complexity index is 498. The summed E-state index contributed by atoms with van der Waals surface area (Å²) in [6, 6.07) is 2.98. The monoisotopic (exact) mass is 294 g/mol. The largest absolute Gasteiger partial charge is 0.475 e. The highest BCUT2D eigenvalue weighted by molar-refractivity contribution is 5.84. The van der Waals surface area contributed by atoms with Crippen LogP contribution in [0.4, 0.5) is 0 Å². The van der Waals surface area contributed by atoms with E-state index in [9.17, 15) is 9.59 Å². The van der Waals surface area contributed by atoms with Gasteiger partial charge in [0.15, 0.2) is 0 Å². The summed E-state index contributed by atoms with van der Waals surface area (Å²) in [7, 11) is 0. The molecule has 1 amide bonds. The van der Waals surface area contributed by atoms with Gasteiger partial charge in [-0.15, -0.1) is 0 Å². The van der Waals surface area contributed by atoms with Gasteiger partial charge in [-0.3, -0.25) is 4.79 Å². The molecule has 21 heavy (non-hydrogen) atoms. The molecule has 1 atom stereocenters. The molecule has 1 fully saturated rings. The first-order valence-electron chi connectivity index (χ1n) is 7.38. The van der Waals surface area contributed by atoms with E-state index < -0.39 is 5.97 Å². The predicted octanol–water partition coefficient (Wildman–Crippen LogP) is 1.76. The van der Waals surface area contributed by atoms with Crippen LogP contribution < -0.4 is 10.6 Å². The van der Waals surface area contributed by atoms with Gasteiger partial charge in [-0.25, -0.2) is 4.79 Å². The van der Waals surface area contributed by atoms with Gasteiger partial charge in [0, 0.05) is 6.54 Å². The Labute approximate surface area is 123 Å². The molecule has 6 nitrogen and oxygen atoms in total. The smallest absolute Gasteiger partial charge is 0.371 e. The highest BCUT2D eigenvalue weighted by Gasteiger charge is 2.38. The Morgan fingerprint density at radius 1 is 1.48 bits per heavy atom. The standard InChI is InChI=1S/C15H22N2O4/c1-2-6-15(7-3-8-16-10-15)14(20)17-9-11-4-5-12(21-11)13(18)19/h4-5,16H,2-3,6-10H2,1H3,(H,17,20)(H,18,19). The molecule has 0 spiro atoms. The molecule has 1 unspecified atom stereocenters. The molecule has 116 valence electrons. The molecule has 1 aliphatic rings. The van der Waals surface area contributed by atoms with E-state index in [-0.39, 0.29) is 23.6 Å². The summed E-state index contributed by atoms with van der Waals surface area (Å²) in [4.78, 5) is 23.3. The molecule has 2 rings (SSSR count). The van der Waals surface area contributed by atoms with E-state index in [0.717, 1.165) is 32.2 Å². The van der Waals surface area contributed by atoms with E-state index in [4.69, 9.17) is 9.52 Å². The number of aromatic carboxylic acids is 1. The van der Waals surface area contributed by atoms with Gasteiger partial charge in [-0.1, -0.05) is 13.3 Å². The zero-order valence-electron chi connectivity index (χ0n) is 12.3. The van der Waals surface area contributed by atoms with Crippen molar-refractivity contribution < 1.29 is 19.1 Å². The van der Waals surface area contributed by atoms with Crippen LogP contribution in [0.1, 0.15) is 48.9 Å². The Hall–Kier alpha value is -1.82. The van der Waals surface area contributed by atoms with Crippen LogP contribution in [0.25, 0.3) is 0 Å². The van der Waals surface area contributed by atoms with Crippen LogP contribution in [-0.4, -0.2) is 30.1 Å². The molecule has 1 aromatic rings. The molecule has 0 saturated carbocycles. The number of hydrogen-bond acceptors (Lipinski definition) is 4. The number of carboxylic acids is 1. The Morgan fingerprint density at radius 2 is 2.29 bits per heavy atom. The minimum absolute atomic E-state index is 0.0184. The second-order valence-corrected chi connectivity index (χ2v) is 5.56. The van der Waals surface area contributed by atoms with Gasteiger partial charge < -0.3 is 20.2 Å². The van der Waals surface area contributed by atoms with Gasteiger partial charge in [0.25, 0.3) is 0 Å². The highest BCUT2D eigenvalue weighted by Crippen LogP contribution is 2.32. The minimum Gasteiger partial charge on any atom is -0.475 e. The van der Waals surface area contributed by atoms with E-state index in [2.05, 4.69) is 17.6 Å². The van der Waals surface area contributed by atoms with Crippen molar-refractivity contribution in [1.82, 2.24) is 10.6 Å². The lowest BCUT2D eigenvalue weighted by atomic mass is 9.76. The van der Waals surface area contributed by atoms with Crippen molar-refractivity contribution >= 4 is 11.9 Å². The van der Waals surface area contributed by atoms with E-state index in [1.54, 1.807) is 6.07 Å². The first-order valence-corrected chi connectivity index (χ1v) is 7.38. The summed E-state index contributed by atoms with van der Waals surface area (Å²) in [5.74, 6) is -0.741. The fraction of sp³-hybridized carbons (Fsp3) is 0.600. The number of carbonyl (C=O) groups is 2. The second kappa shape index (κ2) is 6.76. The molecule has 3 N–H and O–H groups in total. The first kappa shape index (κ1) is 15.6. The minimum atomic E-state index is -1.11. The zero-order valence-corrected chi connectivity index (χ0v) is 12.3. The Kier molecular flexibility index (Phi) is 5.01. The van der Waals surface area contributed by atoms with Crippen molar-refractivity contribution in [3.8, 4) is 0 Å². The van der Waals surface area contributed by atoms with E-state index in [1.807, 2.05) is 0 Å². The van der Waals surface area contributed by atoms with Crippen LogP contribution in [0.3, 0.4) is 0 Å². The molecule has 1 aromatic heterocycles. The lowest BCUT2D eigenvalue weighted by molar-refractivity contribution is -0.132. The van der Waals surface area contributed by atoms with Crippen LogP contribution >= 0.6 is 0 Å². The van der Waals surface area contributed by atoms with E-state index in [1.165, 1.54) is 6.07 Å². The average Bonchev–Trinajstić information content (AvgIpc) is 2.95. The number of carbonyl (C=O) groups excluding carboxylic acids is 1. The normalized spacial score (nSPS) is 22.0. The quantitative estimate of drug-likeness (QED) is 0.743. The molecule has 0 radical (unpaired) electrons. The van der Waals surface area contributed by atoms with Crippen LogP contribution in [0, 0.1) is 5.41 Å². The third-order valence-corrected chi connectivity index (χ3v) is 3.98. The van der Waals surface area contributed by atoms with Crippen LogP contribution in [0.2, 0.25) is 0 Å². The van der Waals surface area contributed by atoms with Crippen molar-refractivity contribution in [2.75, 3.05) is 13.1 Å². The van der Waals surface area contributed by atoms with Gasteiger partial charge in [0.1, 0.15) is 5.76 Å². The third-order valence-electron chi connectivity index (χ3n) is 3.98. The summed E-state index contributed by atoms with van der Waals surface area (Å²) in [5.41, 5.74) is -0.352. The number of carboxylic acid groups (broad SMARTS) is 1. The number of furan rings is 1. The Balaban J connectivity index is 1.96. The maximum absolute atomic E-state index is 12.5. The molecule has 0 aromatic carbocycles. The fourth-order valence-electron chi connectivity index (χ4n) is 2.91. The predicted molar refractivity (Wildman–Crippen MR) is 77.0 cm³/mol. The number of nitrogens with one attached hydrogen (secondary N) is 2. The van der Waals surface area contributed by atoms with Crippen molar-refractivity contribution in [3.63, 3.8) is 0 Å². The van der Waals surface area contributed by atoms with E-state index in [0.29, 0.717) is 12.3 Å². The third kappa shape index (κ3) is 3.64. The maximum atomic E-state index is 12.5. The molecule has 1 saturated heterocycles. The zero-order chi connectivity index (χ0) is 15.3. The molecule has 0 aliphatic carbocycles. The Morgan fingerprint density at radius 3 is 2.86 bits per heavy atom. The molecule has 0 bridgehead atoms. The van der Waals surface area contributed by atoms with Crippen LogP contribution in [0.15, 0.2) is 16.5 Å². The van der Waals surface area contributed by atoms with Gasteiger partial charge >= 0.3 is 5.97 Å². The topological polar surface area (TPSA) is 91.6 Å². The number of hydrogen-bond donors (Lipinski definition) is 3. The molecule has 1 aliphatic heterocycles. The summed E-state index contributed by atoms with van der Waals surface area (Å²) in [5, 5.41) is 15.0. The van der Waals surface area contributed by atoms with Crippen molar-refractivity contribution in [2.45, 2.75) is 39.2 Å². The highest BCUT2D eigenvalue weighted by atomic mass is 16.4. The van der Waals surface area contributed by atoms with Gasteiger partial charge in [0.2, 0.25) is 11.7 Å². The summed E-state index contributed by atoms with van der Waals surface area (Å²) in [6.45, 7) is 3.96. The fourth-order valence-corrected chi connectivity index (χ4v) is 2.91. The molecular weight excluding hydrogens is 272 g/mol. The number of amides is 1. The summed E-state index contributed by atoms with van der Waals surface area (Å²) in [6.07, 6.45) is 3.69. The van der Waals surface area contributed by atoms with Crippen molar-refractivity contribution in [3.05, 3.63) is 23.7 Å². The SMILES string of the molecule is CCCC1(C(=O)NCc2ccc(C(=O)O)o2)CCCNC1. The lowest BCUT2D eigenvalue weighted by Gasteiger charge is -2.36. The van der Waals surface area contributed by atoms with Gasteiger partial charge in [-0.2, -0.15) is 0 Å². The summed E-state index contributed by atoms with van der Waals surface area (Å²) >= 11 is 0. The van der Waals surface area contributed by atoms with Crippen molar-refractivity contribution in [2.24, 2.45) is 5.41 Å². The van der Waals surface area contributed by atoms with Crippen LogP contribution in [-0.2, 0) is 11.3 Å². The second-order valence-electron chi connectivity index (χ2n) is 5.56. The van der Waals surface area contributed by atoms with Gasteiger partial charge in [0.05, 0.1) is 12.0 Å². The molecule has 6 heteroatoms. The molecular formula is C15H22N2O4. The lowest BCUT2D eigenvalue weighted by Crippen LogP contribution is -2.50. The van der Waals surface area contributed by atoms with E-state index >= 15 is 0 Å². The first-order chi connectivity index (χ1) is 10.1. The maximum Gasteiger partial charge on any atom is 0.371 e. The van der Waals surface area contributed by atoms with Gasteiger partial charge in [-0.05, 0) is 37.9 Å². The number of piperidine rings is 1. The van der Waals surface area contributed by atoms with Crippen LogP contribution in [0.5, 0.6) is 0 Å².